The van der Waals surface area contributed by atoms with Crippen LogP contribution in [0.3, 0.4) is 0 Å². The van der Waals surface area contributed by atoms with Gasteiger partial charge in [-0.25, -0.2) is 4.79 Å². The molecule has 0 atom stereocenters. The van der Waals surface area contributed by atoms with Gasteiger partial charge in [-0.2, -0.15) is 8.42 Å². The molecule has 0 aliphatic heterocycles. The normalized spacial score (nSPS) is 11.0. The highest BCUT2D eigenvalue weighted by atomic mass is 32.2. The Hall–Kier alpha value is -2.42. The van der Waals surface area contributed by atoms with E-state index in [0.29, 0.717) is 5.69 Å². The molecular formula is C13H12N2O5S. The molecule has 0 unspecified atom stereocenters. The number of hydrogen-bond acceptors (Lipinski definition) is 6. The van der Waals surface area contributed by atoms with Crippen molar-refractivity contribution in [3.05, 3.63) is 54.1 Å². The number of nitrogens with two attached hydrogens (primary N) is 1. The van der Waals surface area contributed by atoms with E-state index < -0.39 is 21.0 Å². The highest BCUT2D eigenvalue weighted by molar-refractivity contribution is 7.86. The second-order valence-corrected chi connectivity index (χ2v) is 5.39. The molecule has 110 valence electrons. The number of ether oxygens (including phenoxy) is 1. The molecule has 8 heteroatoms. The van der Waals surface area contributed by atoms with Crippen LogP contribution in [0.2, 0.25) is 0 Å². The third-order valence-electron chi connectivity index (χ3n) is 2.63. The number of esters is 1. The van der Waals surface area contributed by atoms with Crippen molar-refractivity contribution in [2.45, 2.75) is 4.90 Å². The highest BCUT2D eigenvalue weighted by Crippen LogP contribution is 2.25. The molecule has 0 spiro atoms. The van der Waals surface area contributed by atoms with E-state index >= 15 is 0 Å². The van der Waals surface area contributed by atoms with Crippen molar-refractivity contribution in [1.82, 2.24) is 0 Å². The lowest BCUT2D eigenvalue weighted by atomic mass is 10.2. The molecule has 0 saturated carbocycles. The van der Waals surface area contributed by atoms with Crippen molar-refractivity contribution >= 4 is 21.8 Å². The summed E-state index contributed by atoms with van der Waals surface area (Å²) in [5.41, 5.74) is 2.79. The molecule has 0 bridgehead atoms. The fourth-order valence-corrected chi connectivity index (χ4v) is 2.30. The van der Waals surface area contributed by atoms with E-state index in [-0.39, 0.29) is 11.3 Å². The number of rotatable bonds is 4. The Morgan fingerprint density at radius 1 is 1.10 bits per heavy atom. The standard InChI is InChI=1S/C13H12N2O5S/c14-15-10-6-2-1-5-9(10)13(16)20-11-7-3-4-8-12(11)21(17,18)19/h1-8,15H,14H2,(H,17,18,19). The topological polar surface area (TPSA) is 119 Å². The van der Waals surface area contributed by atoms with Crippen molar-refractivity contribution in [2.24, 2.45) is 5.84 Å². The summed E-state index contributed by atoms with van der Waals surface area (Å²) in [6.45, 7) is 0. The van der Waals surface area contributed by atoms with Crippen LogP contribution < -0.4 is 16.0 Å². The number of nitrogen functional groups attached to an aromatic ring is 1. The fourth-order valence-electron chi connectivity index (χ4n) is 1.69. The van der Waals surface area contributed by atoms with Crippen LogP contribution >= 0.6 is 0 Å². The number of anilines is 1. The SMILES string of the molecule is NNc1ccccc1C(=O)Oc1ccccc1S(=O)(=O)O. The van der Waals surface area contributed by atoms with E-state index in [1.54, 1.807) is 18.2 Å². The zero-order valence-electron chi connectivity index (χ0n) is 10.7. The molecule has 0 heterocycles. The van der Waals surface area contributed by atoms with Gasteiger partial charge in [0.2, 0.25) is 0 Å². The number of carbonyl (C=O) groups excluding carboxylic acids is 1. The number of carbonyl (C=O) groups is 1. The first kappa shape index (κ1) is 15.0. The second-order valence-electron chi connectivity index (χ2n) is 4.00. The number of hydrazine groups is 1. The Labute approximate surface area is 121 Å². The van der Waals surface area contributed by atoms with Gasteiger partial charge in [-0.05, 0) is 24.3 Å². The molecule has 2 aromatic rings. The van der Waals surface area contributed by atoms with Gasteiger partial charge in [0.15, 0.2) is 5.75 Å². The van der Waals surface area contributed by atoms with Gasteiger partial charge in [-0.3, -0.25) is 10.4 Å². The van der Waals surface area contributed by atoms with Crippen LogP contribution in [0.1, 0.15) is 10.4 Å². The molecule has 2 aromatic carbocycles. The van der Waals surface area contributed by atoms with Gasteiger partial charge in [-0.1, -0.05) is 24.3 Å². The Balaban J connectivity index is 2.37. The summed E-state index contributed by atoms with van der Waals surface area (Å²) in [5, 5.41) is 0. The molecule has 7 nitrogen and oxygen atoms in total. The first-order chi connectivity index (χ1) is 9.93. The summed E-state index contributed by atoms with van der Waals surface area (Å²) < 4.78 is 36.6. The van der Waals surface area contributed by atoms with E-state index in [9.17, 15) is 13.2 Å². The zero-order chi connectivity index (χ0) is 15.5. The Bertz CT molecular complexity index is 774. The maximum Gasteiger partial charge on any atom is 0.345 e. The quantitative estimate of drug-likeness (QED) is 0.257. The molecule has 0 fully saturated rings. The summed E-state index contributed by atoms with van der Waals surface area (Å²) in [7, 11) is -4.49. The van der Waals surface area contributed by atoms with Crippen LogP contribution in [-0.4, -0.2) is 18.9 Å². The molecule has 0 aromatic heterocycles. The molecule has 0 aliphatic rings. The summed E-state index contributed by atoms with van der Waals surface area (Å²) >= 11 is 0. The van der Waals surface area contributed by atoms with Gasteiger partial charge >= 0.3 is 5.97 Å². The summed E-state index contributed by atoms with van der Waals surface area (Å²) in [5.74, 6) is 4.21. The minimum Gasteiger partial charge on any atom is -0.421 e. The van der Waals surface area contributed by atoms with Crippen molar-refractivity contribution in [1.29, 1.82) is 0 Å². The fraction of sp³-hybridized carbons (Fsp3) is 0. The van der Waals surface area contributed by atoms with Gasteiger partial charge in [0.05, 0.1) is 11.3 Å². The van der Waals surface area contributed by atoms with E-state index in [4.69, 9.17) is 15.1 Å². The number of hydrogen-bond donors (Lipinski definition) is 3. The summed E-state index contributed by atoms with van der Waals surface area (Å²) in [6, 6.07) is 11.6. The highest BCUT2D eigenvalue weighted by Gasteiger charge is 2.20. The van der Waals surface area contributed by atoms with E-state index in [1.807, 2.05) is 0 Å². The largest absolute Gasteiger partial charge is 0.421 e. The van der Waals surface area contributed by atoms with Gasteiger partial charge in [0.1, 0.15) is 4.90 Å². The minimum atomic E-state index is -4.49. The van der Waals surface area contributed by atoms with Gasteiger partial charge in [0.25, 0.3) is 10.1 Å². The smallest absolute Gasteiger partial charge is 0.345 e. The molecule has 0 amide bonds. The molecule has 0 aliphatic carbocycles. The third-order valence-corrected chi connectivity index (χ3v) is 3.53. The van der Waals surface area contributed by atoms with Crippen LogP contribution in [0, 0.1) is 0 Å². The molecular weight excluding hydrogens is 296 g/mol. The first-order valence-corrected chi connectivity index (χ1v) is 7.22. The van der Waals surface area contributed by atoms with Crippen LogP contribution in [0.15, 0.2) is 53.4 Å². The lowest BCUT2D eigenvalue weighted by Gasteiger charge is -2.10. The predicted octanol–water partition coefficient (Wildman–Crippen LogP) is 1.44. The van der Waals surface area contributed by atoms with E-state index in [0.717, 1.165) is 6.07 Å². The predicted molar refractivity (Wildman–Crippen MR) is 75.5 cm³/mol. The molecule has 4 N–H and O–H groups in total. The summed E-state index contributed by atoms with van der Waals surface area (Å²) in [6.07, 6.45) is 0. The van der Waals surface area contributed by atoms with Crippen molar-refractivity contribution < 1.29 is 22.5 Å². The third kappa shape index (κ3) is 3.37. The lowest BCUT2D eigenvalue weighted by molar-refractivity contribution is 0.0731. The average molecular weight is 308 g/mol. The van der Waals surface area contributed by atoms with Crippen molar-refractivity contribution in [3.63, 3.8) is 0 Å². The molecule has 0 radical (unpaired) electrons. The monoisotopic (exact) mass is 308 g/mol. The maximum atomic E-state index is 12.1. The van der Waals surface area contributed by atoms with E-state index in [2.05, 4.69) is 5.43 Å². The first-order valence-electron chi connectivity index (χ1n) is 5.78. The molecule has 0 saturated heterocycles. The molecule has 21 heavy (non-hydrogen) atoms. The van der Waals surface area contributed by atoms with Crippen molar-refractivity contribution in [2.75, 3.05) is 5.43 Å². The van der Waals surface area contributed by atoms with Crippen LogP contribution in [0.25, 0.3) is 0 Å². The van der Waals surface area contributed by atoms with Crippen LogP contribution in [-0.2, 0) is 10.1 Å². The Kier molecular flexibility index (Phi) is 4.22. The minimum absolute atomic E-state index is 0.130. The van der Waals surface area contributed by atoms with Crippen LogP contribution in [0.5, 0.6) is 5.75 Å². The second kappa shape index (κ2) is 5.92. The number of nitrogens with one attached hydrogen (secondary N) is 1. The Morgan fingerprint density at radius 3 is 2.38 bits per heavy atom. The van der Waals surface area contributed by atoms with Gasteiger partial charge in [0, 0.05) is 0 Å². The van der Waals surface area contributed by atoms with E-state index in [1.165, 1.54) is 24.3 Å². The van der Waals surface area contributed by atoms with Gasteiger partial charge in [-0.15, -0.1) is 0 Å². The van der Waals surface area contributed by atoms with Crippen LogP contribution in [0.4, 0.5) is 5.69 Å². The lowest BCUT2D eigenvalue weighted by Crippen LogP contribution is -2.16. The summed E-state index contributed by atoms with van der Waals surface area (Å²) in [4.78, 5) is 11.6. The zero-order valence-corrected chi connectivity index (χ0v) is 11.5. The maximum absolute atomic E-state index is 12.1. The number of benzene rings is 2. The van der Waals surface area contributed by atoms with Crippen molar-refractivity contribution in [3.8, 4) is 5.75 Å². The number of para-hydroxylation sites is 2. The average Bonchev–Trinajstić information content (AvgIpc) is 2.46. The molecule has 2 rings (SSSR count). The van der Waals surface area contributed by atoms with Gasteiger partial charge < -0.3 is 10.2 Å². The Morgan fingerprint density at radius 2 is 1.71 bits per heavy atom.